The predicted molar refractivity (Wildman–Crippen MR) is 351 cm³/mol. The van der Waals surface area contributed by atoms with Crippen molar-refractivity contribution in [1.82, 2.24) is 0 Å². The summed E-state index contributed by atoms with van der Waals surface area (Å²) >= 11 is 0. The summed E-state index contributed by atoms with van der Waals surface area (Å²) in [5, 5.41) is 63.0. The summed E-state index contributed by atoms with van der Waals surface area (Å²) in [5.41, 5.74) is -0.294. The van der Waals surface area contributed by atoms with Crippen LogP contribution < -0.4 is 0 Å². The lowest BCUT2D eigenvalue weighted by atomic mass is 9.73. The minimum Gasteiger partial charge on any atom is -0.393 e. The highest BCUT2D eigenvalue weighted by Crippen LogP contribution is 2.38. The van der Waals surface area contributed by atoms with Gasteiger partial charge in [0.1, 0.15) is 0 Å². The Morgan fingerprint density at radius 2 is 0.442 bits per heavy atom. The highest BCUT2D eigenvalue weighted by Gasteiger charge is 2.35. The normalized spacial score (nSPS) is 33.7. The van der Waals surface area contributed by atoms with Crippen LogP contribution in [0.1, 0.15) is 362 Å². The number of hydrogen-bond acceptors (Lipinski definition) is 7. The summed E-state index contributed by atoms with van der Waals surface area (Å²) in [5.74, 6) is 6.66. The van der Waals surface area contributed by atoms with Crippen LogP contribution in [0.15, 0.2) is 0 Å². The molecule has 0 saturated heterocycles. The molecule has 8 rings (SSSR count). The average Bonchev–Trinajstić information content (AvgIpc) is 3.37. The smallest absolute Gasteiger partial charge is 0.0624 e. The van der Waals surface area contributed by atoms with Gasteiger partial charge in [0.05, 0.1) is 41.2 Å². The lowest BCUT2D eigenvalue weighted by molar-refractivity contribution is -0.0511. The number of hydrogen-bond donors (Lipinski definition) is 7. The maximum atomic E-state index is 9.49. The first-order chi connectivity index (χ1) is 35.6. The minimum atomic E-state index is -0.341. The zero-order valence-corrected chi connectivity index (χ0v) is 58.0. The minimum absolute atomic E-state index is 0. The molecule has 0 spiro atoms. The Morgan fingerprint density at radius 1 is 0.247 bits per heavy atom. The Hall–Kier alpha value is -0.280. The fraction of sp³-hybridized carbons (Fsp3) is 1.00. The lowest BCUT2D eigenvalue weighted by Crippen LogP contribution is -2.39. The van der Waals surface area contributed by atoms with Crippen LogP contribution >= 0.6 is 0 Å². The first-order valence-electron chi connectivity index (χ1n) is 33.4. The fourth-order valence-corrected chi connectivity index (χ4v) is 10.0. The van der Waals surface area contributed by atoms with E-state index in [0.29, 0.717) is 5.41 Å². The topological polar surface area (TPSA) is 142 Å². The Bertz CT molecular complexity index is 912. The predicted octanol–water partition coefficient (Wildman–Crippen LogP) is 21.0. The summed E-state index contributed by atoms with van der Waals surface area (Å²) < 4.78 is 0. The zero-order chi connectivity index (χ0) is 61.9. The van der Waals surface area contributed by atoms with Gasteiger partial charge in [-0.2, -0.15) is 0 Å². The van der Waals surface area contributed by atoms with E-state index in [-0.39, 0.29) is 48.6 Å². The molecule has 0 amide bonds. The second-order valence-electron chi connectivity index (χ2n) is 24.3. The highest BCUT2D eigenvalue weighted by atomic mass is 16.3. The summed E-state index contributed by atoms with van der Waals surface area (Å²) in [6.07, 6.45) is 27.4. The second kappa shape index (κ2) is 60.3. The van der Waals surface area contributed by atoms with E-state index < -0.39 is 0 Å². The first-order valence-corrected chi connectivity index (χ1v) is 33.4. The fourth-order valence-electron chi connectivity index (χ4n) is 10.0. The van der Waals surface area contributed by atoms with Crippen molar-refractivity contribution in [2.45, 2.75) is 404 Å². The van der Waals surface area contributed by atoms with Crippen molar-refractivity contribution in [2.75, 3.05) is 0 Å². The monoisotopic (exact) mass is 1110 g/mol. The standard InChI is InChI=1S/C9H18.C8H16O.2C7H14O.2C6H12O.2C5H10O.8C2H6.CH4/c1-8-4-6-9(2,3)7-5-8;1-7-3-5-8(2,9)6-4-7;2*1-6-2-4-7(8)5-3-6;2*1-5-3-6(2,7)4-5;2*1-4-2-5(6)3-4;8*1-2;/h8H,4-7H2,1-3H3;7,9H,3-6H2,1-2H3;2*6-8H,2-5H2,1H3;2*5,7H,3-4H2,1-2H3;2*4-6H,2-3H2,1H3;8*1-2H3;1H4. The van der Waals surface area contributed by atoms with Crippen LogP contribution in [0.2, 0.25) is 0 Å². The zero-order valence-electron chi connectivity index (χ0n) is 58.0. The molecule has 8 saturated carbocycles. The quantitative estimate of drug-likeness (QED) is 0.128. The van der Waals surface area contributed by atoms with Crippen LogP contribution in [-0.4, -0.2) is 77.0 Å². The molecule has 8 fully saturated rings. The van der Waals surface area contributed by atoms with Gasteiger partial charge in [-0.25, -0.2) is 0 Å². The molecule has 0 unspecified atom stereocenters. The van der Waals surface area contributed by atoms with Crippen molar-refractivity contribution in [3.05, 3.63) is 0 Å². The summed E-state index contributed by atoms with van der Waals surface area (Å²) in [6, 6.07) is 0. The second-order valence-corrected chi connectivity index (χ2v) is 24.3. The molecule has 0 bridgehead atoms. The molecule has 0 aliphatic heterocycles. The molecule has 7 N–H and O–H groups in total. The first kappa shape index (κ1) is 95.9. The molecule has 0 radical (unpaired) electrons. The molecule has 480 valence electrons. The van der Waals surface area contributed by atoms with E-state index in [1.165, 1.54) is 64.2 Å². The Labute approximate surface area is 490 Å². The van der Waals surface area contributed by atoms with Crippen molar-refractivity contribution in [2.24, 2.45) is 52.8 Å². The molecular weight excluding hydrogens is 953 g/mol. The van der Waals surface area contributed by atoms with Crippen LogP contribution in [0.5, 0.6) is 0 Å². The van der Waals surface area contributed by atoms with Gasteiger partial charge in [-0.3, -0.25) is 0 Å². The molecule has 7 heteroatoms. The Balaban J connectivity index is -0.0000000944. The molecule has 0 aromatic carbocycles. The van der Waals surface area contributed by atoms with Crippen molar-refractivity contribution in [3.63, 3.8) is 0 Å². The van der Waals surface area contributed by atoms with Crippen LogP contribution in [0.3, 0.4) is 0 Å². The van der Waals surface area contributed by atoms with E-state index >= 15 is 0 Å². The summed E-state index contributed by atoms with van der Waals surface area (Å²) in [6.45, 7) is 60.3. The van der Waals surface area contributed by atoms with Gasteiger partial charge in [0, 0.05) is 0 Å². The largest absolute Gasteiger partial charge is 0.393 e. The molecular formula is C70H158O7. The van der Waals surface area contributed by atoms with Crippen LogP contribution in [0, 0.1) is 52.8 Å². The van der Waals surface area contributed by atoms with E-state index in [1.807, 2.05) is 132 Å². The SMILES string of the molecule is C.CC.CC.CC.CC.CC.CC.CC.CC.CC1CC(C)(O)C1.CC1CC(C)(O)C1.CC1CC(O)C1.CC1CC(O)C1.CC1CCC(C)(C)CC1.CC1CCC(C)(O)CC1.CC1CCC(O)CC1.CC1CCC(O)CC1. The number of aliphatic hydroxyl groups excluding tert-OH is 4. The lowest BCUT2D eigenvalue weighted by Gasteiger charge is -2.38. The number of rotatable bonds is 0. The van der Waals surface area contributed by atoms with E-state index in [0.717, 1.165) is 137 Å². The van der Waals surface area contributed by atoms with Gasteiger partial charge in [-0.1, -0.05) is 200 Å². The summed E-state index contributed by atoms with van der Waals surface area (Å²) in [4.78, 5) is 0. The van der Waals surface area contributed by atoms with Crippen LogP contribution in [-0.2, 0) is 0 Å². The van der Waals surface area contributed by atoms with E-state index in [9.17, 15) is 5.11 Å². The molecule has 0 aromatic rings. The maximum Gasteiger partial charge on any atom is 0.0624 e. The van der Waals surface area contributed by atoms with Crippen molar-refractivity contribution >= 4 is 0 Å². The van der Waals surface area contributed by atoms with Crippen molar-refractivity contribution in [1.29, 1.82) is 0 Å². The van der Waals surface area contributed by atoms with Gasteiger partial charge in [0.2, 0.25) is 0 Å². The molecule has 0 aromatic heterocycles. The molecule has 0 heterocycles. The van der Waals surface area contributed by atoms with Crippen LogP contribution in [0.4, 0.5) is 0 Å². The van der Waals surface area contributed by atoms with Crippen molar-refractivity contribution in [3.8, 4) is 0 Å². The molecule has 7 nitrogen and oxygen atoms in total. The molecule has 8 aliphatic rings. The van der Waals surface area contributed by atoms with Gasteiger partial charge in [0.25, 0.3) is 0 Å². The van der Waals surface area contributed by atoms with E-state index in [2.05, 4.69) is 69.2 Å². The van der Waals surface area contributed by atoms with Gasteiger partial charge < -0.3 is 35.7 Å². The Morgan fingerprint density at radius 3 is 0.545 bits per heavy atom. The average molecular weight is 1110 g/mol. The van der Waals surface area contributed by atoms with Gasteiger partial charge in [-0.05, 0) is 215 Å². The maximum absolute atomic E-state index is 9.49. The third-order valence-electron chi connectivity index (χ3n) is 14.8. The number of aliphatic hydroxyl groups is 7. The molecule has 0 atom stereocenters. The third kappa shape index (κ3) is 64.8. The third-order valence-corrected chi connectivity index (χ3v) is 14.8. The van der Waals surface area contributed by atoms with Crippen LogP contribution in [0.25, 0.3) is 0 Å². The van der Waals surface area contributed by atoms with Crippen molar-refractivity contribution < 1.29 is 35.7 Å². The van der Waals surface area contributed by atoms with E-state index in [4.69, 9.17) is 30.6 Å². The molecule has 77 heavy (non-hydrogen) atoms. The highest BCUT2D eigenvalue weighted by molar-refractivity contribution is 4.88. The van der Waals surface area contributed by atoms with E-state index in [1.54, 1.807) is 0 Å². The van der Waals surface area contributed by atoms with Gasteiger partial charge in [-0.15, -0.1) is 0 Å². The molecule has 8 aliphatic carbocycles. The van der Waals surface area contributed by atoms with Gasteiger partial charge in [0.15, 0.2) is 0 Å². The Kier molecular flexibility index (Phi) is 75.1. The summed E-state index contributed by atoms with van der Waals surface area (Å²) in [7, 11) is 0. The van der Waals surface area contributed by atoms with Gasteiger partial charge >= 0.3 is 0 Å².